The van der Waals surface area contributed by atoms with Gasteiger partial charge in [-0.1, -0.05) is 11.6 Å². The third-order valence-electron chi connectivity index (χ3n) is 4.64. The minimum atomic E-state index is -3.81. The number of anilines is 1. The molecule has 2 aromatic rings. The van der Waals surface area contributed by atoms with Gasteiger partial charge < -0.3 is 5.32 Å². The molecule has 2 N–H and O–H groups in total. The normalized spacial score (nSPS) is 14.2. The molecular formula is C21H23FN2O3S. The lowest BCUT2D eigenvalue weighted by Crippen LogP contribution is -2.24. The maximum absolute atomic E-state index is 13.0. The molecule has 2 aromatic carbocycles. The summed E-state index contributed by atoms with van der Waals surface area (Å²) in [6.07, 6.45) is 7.82. The molecule has 148 valence electrons. The standard InChI is InChI=1S/C21H23FN2O3S/c22-18-8-12-20(13-9-18)28(26,27)24-19-10-6-17(7-11-19)21(25)23-15-14-16-4-2-1-3-5-16/h4,6-13,24H,1-3,5,14-15H2,(H,23,25). The van der Waals surface area contributed by atoms with Crippen molar-refractivity contribution in [2.24, 2.45) is 0 Å². The fourth-order valence-corrected chi connectivity index (χ4v) is 4.15. The van der Waals surface area contributed by atoms with Crippen LogP contribution in [0.3, 0.4) is 0 Å². The fourth-order valence-electron chi connectivity index (χ4n) is 3.09. The number of rotatable bonds is 7. The van der Waals surface area contributed by atoms with Crippen LogP contribution in [0.4, 0.5) is 10.1 Å². The highest BCUT2D eigenvalue weighted by molar-refractivity contribution is 7.92. The summed E-state index contributed by atoms with van der Waals surface area (Å²) in [5.41, 5.74) is 2.19. The van der Waals surface area contributed by atoms with Crippen molar-refractivity contribution in [3.63, 3.8) is 0 Å². The summed E-state index contributed by atoms with van der Waals surface area (Å²) in [4.78, 5) is 12.2. The molecule has 28 heavy (non-hydrogen) atoms. The van der Waals surface area contributed by atoms with Gasteiger partial charge in [-0.25, -0.2) is 12.8 Å². The van der Waals surface area contributed by atoms with Crippen LogP contribution >= 0.6 is 0 Å². The van der Waals surface area contributed by atoms with Gasteiger partial charge in [0.15, 0.2) is 0 Å². The summed E-state index contributed by atoms with van der Waals surface area (Å²) < 4.78 is 40.0. The van der Waals surface area contributed by atoms with Gasteiger partial charge in [-0.3, -0.25) is 9.52 Å². The van der Waals surface area contributed by atoms with Gasteiger partial charge in [0.2, 0.25) is 0 Å². The van der Waals surface area contributed by atoms with Crippen LogP contribution in [0.15, 0.2) is 65.1 Å². The zero-order valence-electron chi connectivity index (χ0n) is 15.4. The van der Waals surface area contributed by atoms with E-state index in [1.165, 1.54) is 42.7 Å². The largest absolute Gasteiger partial charge is 0.352 e. The van der Waals surface area contributed by atoms with Gasteiger partial charge in [0.1, 0.15) is 5.82 Å². The average molecular weight is 402 g/mol. The first-order chi connectivity index (χ1) is 13.4. The molecule has 0 spiro atoms. The molecule has 0 heterocycles. The predicted octanol–water partition coefficient (Wildman–Crippen LogP) is 4.25. The van der Waals surface area contributed by atoms with E-state index in [-0.39, 0.29) is 10.8 Å². The zero-order valence-corrected chi connectivity index (χ0v) is 16.3. The van der Waals surface area contributed by atoms with Crippen molar-refractivity contribution in [1.29, 1.82) is 0 Å². The Hall–Kier alpha value is -2.67. The molecule has 0 aromatic heterocycles. The fraction of sp³-hybridized carbons (Fsp3) is 0.286. The van der Waals surface area contributed by atoms with Crippen LogP contribution in [0.2, 0.25) is 0 Å². The van der Waals surface area contributed by atoms with Crippen LogP contribution < -0.4 is 10.0 Å². The lowest BCUT2D eigenvalue weighted by atomic mass is 9.97. The number of carbonyl (C=O) groups is 1. The maximum atomic E-state index is 13.0. The molecular weight excluding hydrogens is 379 g/mol. The van der Waals surface area contributed by atoms with Crippen LogP contribution in [0, 0.1) is 5.82 Å². The van der Waals surface area contributed by atoms with Gasteiger partial charge in [-0.05, 0) is 80.6 Å². The van der Waals surface area contributed by atoms with Crippen LogP contribution in [0.25, 0.3) is 0 Å². The van der Waals surface area contributed by atoms with E-state index in [0.29, 0.717) is 17.8 Å². The summed E-state index contributed by atoms with van der Waals surface area (Å²) >= 11 is 0. The molecule has 7 heteroatoms. The second-order valence-corrected chi connectivity index (χ2v) is 8.43. The Morgan fingerprint density at radius 3 is 2.36 bits per heavy atom. The molecule has 0 bridgehead atoms. The summed E-state index contributed by atoms with van der Waals surface area (Å²) in [7, 11) is -3.81. The number of allylic oxidation sites excluding steroid dienone is 1. The Morgan fingerprint density at radius 1 is 1.00 bits per heavy atom. The van der Waals surface area contributed by atoms with E-state index in [1.54, 1.807) is 12.1 Å². The average Bonchev–Trinajstić information content (AvgIpc) is 2.69. The molecule has 0 saturated carbocycles. The van der Waals surface area contributed by atoms with Crippen LogP contribution in [-0.2, 0) is 10.0 Å². The van der Waals surface area contributed by atoms with Gasteiger partial charge >= 0.3 is 0 Å². The van der Waals surface area contributed by atoms with E-state index in [2.05, 4.69) is 16.1 Å². The maximum Gasteiger partial charge on any atom is 0.261 e. The Labute approximate surface area is 164 Å². The SMILES string of the molecule is O=C(NCCC1=CCCCC1)c1ccc(NS(=O)(=O)c2ccc(F)cc2)cc1. The Balaban J connectivity index is 1.55. The summed E-state index contributed by atoms with van der Waals surface area (Å²) in [6, 6.07) is 10.8. The van der Waals surface area contributed by atoms with E-state index in [9.17, 15) is 17.6 Å². The Morgan fingerprint density at radius 2 is 1.71 bits per heavy atom. The lowest BCUT2D eigenvalue weighted by molar-refractivity contribution is 0.0954. The second-order valence-electron chi connectivity index (χ2n) is 6.75. The number of hydrogen-bond donors (Lipinski definition) is 2. The molecule has 0 saturated heterocycles. The molecule has 0 unspecified atom stereocenters. The van der Waals surface area contributed by atoms with E-state index >= 15 is 0 Å². The quantitative estimate of drug-likeness (QED) is 0.680. The first-order valence-electron chi connectivity index (χ1n) is 9.29. The number of hydrogen-bond acceptors (Lipinski definition) is 3. The highest BCUT2D eigenvalue weighted by Gasteiger charge is 2.14. The molecule has 3 rings (SSSR count). The van der Waals surface area contributed by atoms with Crippen molar-refractivity contribution >= 4 is 21.6 Å². The number of carbonyl (C=O) groups excluding carboxylic acids is 1. The summed E-state index contributed by atoms with van der Waals surface area (Å²) in [6.45, 7) is 0.587. The van der Waals surface area contributed by atoms with E-state index in [1.807, 2.05) is 0 Å². The van der Waals surface area contributed by atoms with E-state index in [4.69, 9.17) is 0 Å². The van der Waals surface area contributed by atoms with Crippen molar-refractivity contribution in [1.82, 2.24) is 5.32 Å². The summed E-state index contributed by atoms with van der Waals surface area (Å²) in [5, 5.41) is 2.89. The number of sulfonamides is 1. The highest BCUT2D eigenvalue weighted by atomic mass is 32.2. The zero-order chi connectivity index (χ0) is 20.0. The molecule has 1 amide bonds. The number of amides is 1. The van der Waals surface area contributed by atoms with Gasteiger partial charge in [-0.2, -0.15) is 0 Å². The summed E-state index contributed by atoms with van der Waals surface area (Å²) in [5.74, 6) is -0.696. The lowest BCUT2D eigenvalue weighted by Gasteiger charge is -2.13. The van der Waals surface area contributed by atoms with Gasteiger partial charge in [-0.15, -0.1) is 0 Å². The molecule has 0 aliphatic heterocycles. The second kappa shape index (κ2) is 9.01. The monoisotopic (exact) mass is 402 g/mol. The van der Waals surface area contributed by atoms with Crippen LogP contribution in [-0.4, -0.2) is 20.9 Å². The van der Waals surface area contributed by atoms with Gasteiger partial charge in [0.25, 0.3) is 15.9 Å². The van der Waals surface area contributed by atoms with Crippen molar-refractivity contribution < 1.29 is 17.6 Å². The molecule has 1 aliphatic carbocycles. The highest BCUT2D eigenvalue weighted by Crippen LogP contribution is 2.20. The third kappa shape index (κ3) is 5.42. The Kier molecular flexibility index (Phi) is 6.46. The first kappa shape index (κ1) is 20.1. The predicted molar refractivity (Wildman–Crippen MR) is 107 cm³/mol. The molecule has 1 aliphatic rings. The van der Waals surface area contributed by atoms with Crippen molar-refractivity contribution in [3.05, 3.63) is 71.6 Å². The van der Waals surface area contributed by atoms with Crippen molar-refractivity contribution in [2.75, 3.05) is 11.3 Å². The number of benzene rings is 2. The van der Waals surface area contributed by atoms with Crippen molar-refractivity contribution in [2.45, 2.75) is 37.0 Å². The number of nitrogens with one attached hydrogen (secondary N) is 2. The molecule has 0 fully saturated rings. The minimum Gasteiger partial charge on any atom is -0.352 e. The van der Waals surface area contributed by atoms with Crippen LogP contribution in [0.5, 0.6) is 0 Å². The molecule has 5 nitrogen and oxygen atoms in total. The molecule has 0 atom stereocenters. The third-order valence-corrected chi connectivity index (χ3v) is 6.04. The molecule has 0 radical (unpaired) electrons. The van der Waals surface area contributed by atoms with Gasteiger partial charge in [0.05, 0.1) is 4.90 Å². The smallest absolute Gasteiger partial charge is 0.261 e. The van der Waals surface area contributed by atoms with Gasteiger partial charge in [0, 0.05) is 17.8 Å². The number of halogens is 1. The van der Waals surface area contributed by atoms with E-state index < -0.39 is 15.8 Å². The topological polar surface area (TPSA) is 75.3 Å². The first-order valence-corrected chi connectivity index (χ1v) is 10.8. The Bertz CT molecular complexity index is 952. The van der Waals surface area contributed by atoms with Crippen molar-refractivity contribution in [3.8, 4) is 0 Å². The minimum absolute atomic E-state index is 0.0345. The van der Waals surface area contributed by atoms with E-state index in [0.717, 1.165) is 31.4 Å². The van der Waals surface area contributed by atoms with Crippen LogP contribution in [0.1, 0.15) is 42.5 Å².